The van der Waals surface area contributed by atoms with Crippen LogP contribution in [0.15, 0.2) is 92.8 Å². The second-order valence-electron chi connectivity index (χ2n) is 15.1. The minimum absolute atomic E-state index is 0.0355. The quantitative estimate of drug-likeness (QED) is 0.105. The van der Waals surface area contributed by atoms with Crippen LogP contribution in [0.1, 0.15) is 12.8 Å². The third kappa shape index (κ3) is 7.35. The Kier molecular flexibility index (Phi) is 10.2. The Labute approximate surface area is 365 Å². The summed E-state index contributed by atoms with van der Waals surface area (Å²) in [6.45, 7) is 9.13. The first-order chi connectivity index (χ1) is 30.6. The topological polar surface area (TPSA) is 171 Å². The summed E-state index contributed by atoms with van der Waals surface area (Å²) in [4.78, 5) is 54.4. The number of ether oxygens (including phenoxy) is 1. The molecule has 2 fully saturated rings. The van der Waals surface area contributed by atoms with Gasteiger partial charge in [-0.3, -0.25) is 9.59 Å². The molecule has 2 aliphatic heterocycles. The Morgan fingerprint density at radius 3 is 2.46 bits per heavy atom. The average molecular weight is 885 g/mol. The lowest BCUT2D eigenvalue weighted by Gasteiger charge is -2.26. The number of nitrogens with one attached hydrogen (secondary N) is 2. The molecule has 0 bridgehead atoms. The van der Waals surface area contributed by atoms with E-state index in [9.17, 15) is 9.59 Å². The highest BCUT2D eigenvalue weighted by atomic mass is 32.1. The highest BCUT2D eigenvalue weighted by Crippen LogP contribution is 2.35. The molecule has 0 unspecified atom stereocenters. The lowest BCUT2D eigenvalue weighted by atomic mass is 10.2. The molecule has 8 heterocycles. The summed E-state index contributed by atoms with van der Waals surface area (Å²) in [5.74, 6) is -0.0525. The largest absolute Gasteiger partial charge is 0.472 e. The summed E-state index contributed by atoms with van der Waals surface area (Å²) >= 11 is 2.30. The molecule has 0 radical (unpaired) electrons. The van der Waals surface area contributed by atoms with Crippen molar-refractivity contribution in [3.8, 4) is 11.6 Å². The highest BCUT2D eigenvalue weighted by Gasteiger charge is 2.31. The van der Waals surface area contributed by atoms with Gasteiger partial charge in [-0.15, -0.1) is 0 Å². The van der Waals surface area contributed by atoms with Crippen molar-refractivity contribution in [3.05, 3.63) is 104 Å². The Morgan fingerprint density at radius 1 is 0.857 bits per heavy atom. The van der Waals surface area contributed by atoms with Gasteiger partial charge < -0.3 is 30.1 Å². The van der Waals surface area contributed by atoms with E-state index in [0.717, 1.165) is 22.7 Å². The second-order valence-corrected chi connectivity index (χ2v) is 16.7. The first-order valence-electron chi connectivity index (χ1n) is 19.9. The molecule has 2 N–H and O–H groups in total. The van der Waals surface area contributed by atoms with E-state index >= 15 is 8.78 Å². The van der Waals surface area contributed by atoms with Crippen molar-refractivity contribution in [2.75, 3.05) is 48.8 Å². The number of carbonyl (C=O) groups is 2. The molecule has 2 aliphatic rings. The molecule has 2 atom stereocenters. The van der Waals surface area contributed by atoms with Crippen molar-refractivity contribution >= 4 is 106 Å². The fourth-order valence-electron chi connectivity index (χ4n) is 8.00. The number of fused-ring (bicyclic) bond motifs is 4. The van der Waals surface area contributed by atoms with Crippen LogP contribution in [0.5, 0.6) is 5.88 Å². The molecule has 0 saturated carbocycles. The van der Waals surface area contributed by atoms with Crippen molar-refractivity contribution < 1.29 is 27.7 Å². The van der Waals surface area contributed by atoms with Crippen LogP contribution in [0.3, 0.4) is 0 Å². The van der Waals surface area contributed by atoms with Gasteiger partial charge in [-0.25, -0.2) is 28.7 Å². The SMILES string of the molecule is C=CC(=O)N1CC[C@H](Oc2cc(-[n+]3cnc(Nc4ccc5cnsc5c4F)c4nc(N(C)[C@H]5CCN(C(=O)C=C)C5)ccc43)c3ncnc(Nc4cc5sncc5cc4F)c3n2)C1. The molecule has 63 heavy (non-hydrogen) atoms. The van der Waals surface area contributed by atoms with Gasteiger partial charge in [0.25, 0.3) is 12.1 Å². The van der Waals surface area contributed by atoms with Gasteiger partial charge >= 0.3 is 0 Å². The summed E-state index contributed by atoms with van der Waals surface area (Å²) in [5.41, 5.74) is 2.38. The van der Waals surface area contributed by atoms with Gasteiger partial charge in [0, 0.05) is 62.3 Å². The van der Waals surface area contributed by atoms with Crippen LogP contribution in [0.25, 0.3) is 47.9 Å². The monoisotopic (exact) mass is 884 g/mol. The van der Waals surface area contributed by atoms with Gasteiger partial charge in [0.1, 0.15) is 35.1 Å². The number of aromatic nitrogens is 8. The molecule has 316 valence electrons. The number of likely N-dealkylation sites (N-methyl/N-ethyl adjacent to an activating group) is 1. The van der Waals surface area contributed by atoms with Crippen molar-refractivity contribution in [1.29, 1.82) is 0 Å². The van der Waals surface area contributed by atoms with Gasteiger partial charge in [0.15, 0.2) is 28.4 Å². The number of anilines is 5. The zero-order chi connectivity index (χ0) is 43.4. The number of likely N-dealkylation sites (tertiary alicyclic amines) is 2. The number of hydrogen-bond donors (Lipinski definition) is 2. The van der Waals surface area contributed by atoms with Crippen LogP contribution in [0.4, 0.5) is 37.6 Å². The fourth-order valence-corrected chi connectivity index (χ4v) is 9.36. The van der Waals surface area contributed by atoms with E-state index in [-0.39, 0.29) is 52.3 Å². The predicted octanol–water partition coefficient (Wildman–Crippen LogP) is 6.62. The molecule has 8 aromatic rings. The first-order valence-corrected chi connectivity index (χ1v) is 21.4. The van der Waals surface area contributed by atoms with E-state index in [2.05, 4.69) is 42.5 Å². The maximum Gasteiger partial charge on any atom is 0.294 e. The molecule has 16 nitrogen and oxygen atoms in total. The van der Waals surface area contributed by atoms with Crippen LogP contribution >= 0.6 is 23.1 Å². The summed E-state index contributed by atoms with van der Waals surface area (Å²) in [7, 11) is 1.92. The third-order valence-electron chi connectivity index (χ3n) is 11.3. The van der Waals surface area contributed by atoms with Crippen molar-refractivity contribution in [2.24, 2.45) is 0 Å². The maximum absolute atomic E-state index is 15.9. The highest BCUT2D eigenvalue weighted by molar-refractivity contribution is 7.13. The minimum atomic E-state index is -0.511. The van der Waals surface area contributed by atoms with E-state index in [1.54, 1.807) is 57.4 Å². The Balaban J connectivity index is 1.12. The predicted molar refractivity (Wildman–Crippen MR) is 237 cm³/mol. The lowest BCUT2D eigenvalue weighted by Crippen LogP contribution is -2.37. The normalized spacial score (nSPS) is 16.3. The third-order valence-corrected chi connectivity index (χ3v) is 12.9. The number of amides is 2. The zero-order valence-electron chi connectivity index (χ0n) is 33.5. The summed E-state index contributed by atoms with van der Waals surface area (Å²) < 4.78 is 49.3. The van der Waals surface area contributed by atoms with E-state index in [4.69, 9.17) is 19.7 Å². The molecule has 20 heteroatoms. The molecule has 2 saturated heterocycles. The molecule has 10 rings (SSSR count). The van der Waals surface area contributed by atoms with E-state index in [0.29, 0.717) is 76.1 Å². The Bertz CT molecular complexity index is 3160. The van der Waals surface area contributed by atoms with Gasteiger partial charge in [0.2, 0.25) is 17.7 Å². The van der Waals surface area contributed by atoms with Crippen LogP contribution < -0.4 is 24.8 Å². The van der Waals surface area contributed by atoms with E-state index in [1.807, 2.05) is 24.1 Å². The number of pyridine rings is 2. The van der Waals surface area contributed by atoms with Gasteiger partial charge in [-0.2, -0.15) is 13.3 Å². The number of rotatable bonds is 11. The lowest BCUT2D eigenvalue weighted by molar-refractivity contribution is -0.569. The number of benzene rings is 2. The fraction of sp³-hybridized carbons (Fsp3) is 0.209. The molecule has 2 aromatic carbocycles. The van der Waals surface area contributed by atoms with Gasteiger partial charge in [-0.05, 0) is 83.0 Å². The van der Waals surface area contributed by atoms with Crippen molar-refractivity contribution in [3.63, 3.8) is 0 Å². The number of halogens is 2. The molecule has 2 amide bonds. The standard InChI is InChI=1S/C43H35F2N13O3S2/c1-4-35(59)56-12-10-25(19-56)55(3)33-9-8-30-39(53-33)42(51-28-7-6-23-17-50-63-41(23)37(28)45)48-22-58(30)31-16-34(61-26-11-13-57(20-26)36(60)5-2)54-40-38(31)46-21-47-43(40)52-29-15-32-24(14-27(29)44)18-49-62-32/h4-9,14-18,21-22,25-26H,1-2,10-13,19-20H2,3H3,(H,46,47,49,52)/p+1/t25-,26-/m0/s1. The summed E-state index contributed by atoms with van der Waals surface area (Å²) in [6, 6.07) is 11.9. The first kappa shape index (κ1) is 39.8. The average Bonchev–Trinajstić information content (AvgIpc) is 4.15. The van der Waals surface area contributed by atoms with Crippen LogP contribution in [-0.2, 0) is 9.59 Å². The summed E-state index contributed by atoms with van der Waals surface area (Å²) in [5, 5.41) is 7.67. The number of carbonyl (C=O) groups excluding carboxylic acids is 2. The Hall–Kier alpha value is -7.32. The minimum Gasteiger partial charge on any atom is -0.472 e. The van der Waals surface area contributed by atoms with Crippen LogP contribution in [0.2, 0.25) is 0 Å². The smallest absolute Gasteiger partial charge is 0.294 e. The molecular formula is C43H36F2N13O3S2+. The van der Waals surface area contributed by atoms with Gasteiger partial charge in [-0.1, -0.05) is 13.2 Å². The van der Waals surface area contributed by atoms with Crippen LogP contribution in [-0.4, -0.2) is 101 Å². The van der Waals surface area contributed by atoms with Gasteiger partial charge in [0.05, 0.1) is 33.4 Å². The van der Waals surface area contributed by atoms with Crippen molar-refractivity contribution in [1.82, 2.24) is 43.5 Å². The molecule has 6 aromatic heterocycles. The summed E-state index contributed by atoms with van der Waals surface area (Å²) in [6.07, 6.45) is 9.60. The molecule has 0 spiro atoms. The molecule has 0 aliphatic carbocycles. The van der Waals surface area contributed by atoms with Crippen molar-refractivity contribution in [2.45, 2.75) is 25.0 Å². The maximum atomic E-state index is 15.9. The van der Waals surface area contributed by atoms with E-state index in [1.165, 1.54) is 36.1 Å². The van der Waals surface area contributed by atoms with Crippen LogP contribution in [0, 0.1) is 11.6 Å². The van der Waals surface area contributed by atoms with E-state index < -0.39 is 17.7 Å². The number of nitrogens with zero attached hydrogens (tertiary/aromatic N) is 11. The Morgan fingerprint density at radius 2 is 1.62 bits per heavy atom. The zero-order valence-corrected chi connectivity index (χ0v) is 35.2. The second kappa shape index (κ2) is 16.2. The number of hydrogen-bond acceptors (Lipinski definition) is 15. The molecular weight excluding hydrogens is 849 g/mol.